The summed E-state index contributed by atoms with van der Waals surface area (Å²) >= 11 is 0. The molecule has 1 unspecified atom stereocenters. The Morgan fingerprint density at radius 1 is 1.14 bits per heavy atom. The van der Waals surface area contributed by atoms with Crippen molar-refractivity contribution in [2.75, 3.05) is 6.54 Å². The summed E-state index contributed by atoms with van der Waals surface area (Å²) < 4.78 is 30.0. The highest BCUT2D eigenvalue weighted by molar-refractivity contribution is 5.94. The number of rotatable bonds is 8. The topological polar surface area (TPSA) is 94.6 Å². The molecule has 1 aliphatic rings. The van der Waals surface area contributed by atoms with Crippen LogP contribution in [-0.2, 0) is 5.92 Å². The molecule has 3 aromatic heterocycles. The smallest absolute Gasteiger partial charge is 0.288 e. The van der Waals surface area contributed by atoms with Crippen molar-refractivity contribution in [1.29, 1.82) is 0 Å². The van der Waals surface area contributed by atoms with Crippen LogP contribution in [0.15, 0.2) is 61.3 Å². The third-order valence-corrected chi connectivity index (χ3v) is 5.99. The van der Waals surface area contributed by atoms with Crippen molar-refractivity contribution in [1.82, 2.24) is 39.4 Å². The van der Waals surface area contributed by atoms with E-state index in [0.29, 0.717) is 35.5 Å². The molecule has 1 amide bonds. The van der Waals surface area contributed by atoms with Gasteiger partial charge in [-0.1, -0.05) is 0 Å². The molecule has 0 saturated heterocycles. The summed E-state index contributed by atoms with van der Waals surface area (Å²) in [5, 5.41) is 8.21. The maximum atomic E-state index is 13.6. The molecule has 0 bridgehead atoms. The third kappa shape index (κ3) is 4.79. The Labute approximate surface area is 200 Å². The van der Waals surface area contributed by atoms with Crippen LogP contribution >= 0.6 is 0 Å². The number of hydrogen-bond acceptors (Lipinski definition) is 6. The average Bonchev–Trinajstić information content (AvgIpc) is 3.32. The molecule has 11 heteroatoms. The molecule has 0 spiro atoms. The predicted molar refractivity (Wildman–Crippen MR) is 122 cm³/mol. The molecule has 1 atom stereocenters. The van der Waals surface area contributed by atoms with Crippen molar-refractivity contribution in [2.24, 2.45) is 5.92 Å². The Morgan fingerprint density at radius 2 is 1.86 bits per heavy atom. The van der Waals surface area contributed by atoms with E-state index >= 15 is 0 Å². The van der Waals surface area contributed by atoms with E-state index in [4.69, 9.17) is 0 Å². The van der Waals surface area contributed by atoms with Gasteiger partial charge in [0.25, 0.3) is 17.8 Å². The van der Waals surface area contributed by atoms with Gasteiger partial charge in [0.1, 0.15) is 12.0 Å². The fraction of sp³-hybridized carbons (Fsp3) is 0.333. The number of benzene rings is 1. The fourth-order valence-corrected chi connectivity index (χ4v) is 3.85. The highest BCUT2D eigenvalue weighted by Gasteiger charge is 2.33. The molecule has 1 aromatic carbocycles. The zero-order valence-corrected chi connectivity index (χ0v) is 19.3. The number of hydrogen-bond donors (Lipinski definition) is 0. The first kappa shape index (κ1) is 22.8. The lowest BCUT2D eigenvalue weighted by molar-refractivity contribution is 0.0124. The molecule has 1 fully saturated rings. The minimum atomic E-state index is -3.02. The van der Waals surface area contributed by atoms with Gasteiger partial charge in [0.2, 0.25) is 0 Å². The van der Waals surface area contributed by atoms with Gasteiger partial charge in [-0.3, -0.25) is 4.79 Å². The summed E-state index contributed by atoms with van der Waals surface area (Å²) in [7, 11) is 0. The number of nitrogens with zero attached hydrogens (tertiary/aromatic N) is 8. The molecule has 3 heterocycles. The van der Waals surface area contributed by atoms with E-state index in [0.717, 1.165) is 19.8 Å². The van der Waals surface area contributed by atoms with Crippen molar-refractivity contribution < 1.29 is 13.6 Å². The van der Waals surface area contributed by atoms with Crippen LogP contribution in [0.3, 0.4) is 0 Å². The molecule has 5 rings (SSSR count). The Balaban J connectivity index is 1.40. The Hall–Kier alpha value is -4.02. The van der Waals surface area contributed by atoms with Gasteiger partial charge in [0, 0.05) is 37.6 Å². The molecule has 180 valence electrons. The van der Waals surface area contributed by atoms with Crippen LogP contribution in [0.2, 0.25) is 0 Å². The average molecular weight is 479 g/mol. The minimum absolute atomic E-state index is 0.152. The van der Waals surface area contributed by atoms with Crippen molar-refractivity contribution in [3.63, 3.8) is 0 Å². The van der Waals surface area contributed by atoms with Crippen molar-refractivity contribution in [3.8, 4) is 11.6 Å². The van der Waals surface area contributed by atoms with Gasteiger partial charge >= 0.3 is 0 Å². The summed E-state index contributed by atoms with van der Waals surface area (Å²) in [5.74, 6) is -1.78. The normalized spacial score (nSPS) is 14.6. The Bertz CT molecular complexity index is 1310. The second kappa shape index (κ2) is 8.97. The first-order valence-corrected chi connectivity index (χ1v) is 11.3. The lowest BCUT2D eigenvalue weighted by atomic mass is 10.1. The monoisotopic (exact) mass is 478 g/mol. The van der Waals surface area contributed by atoms with Gasteiger partial charge in [-0.05, 0) is 62.1 Å². The summed E-state index contributed by atoms with van der Waals surface area (Å²) in [6, 6.07) is 9.37. The molecular formula is C24H24F2N8O. The van der Waals surface area contributed by atoms with E-state index in [1.807, 2.05) is 6.92 Å². The van der Waals surface area contributed by atoms with Gasteiger partial charge in [-0.15, -0.1) is 0 Å². The molecule has 1 saturated carbocycles. The van der Waals surface area contributed by atoms with Gasteiger partial charge in [0.05, 0.1) is 11.7 Å². The number of aromatic nitrogens is 7. The zero-order valence-electron chi connectivity index (χ0n) is 19.3. The van der Waals surface area contributed by atoms with Crippen LogP contribution in [-0.4, -0.2) is 51.9 Å². The molecule has 0 radical (unpaired) electrons. The molecule has 35 heavy (non-hydrogen) atoms. The van der Waals surface area contributed by atoms with Crippen molar-refractivity contribution in [3.05, 3.63) is 78.4 Å². The number of alkyl halides is 2. The fourth-order valence-electron chi connectivity index (χ4n) is 3.85. The first-order valence-electron chi connectivity index (χ1n) is 11.3. The van der Waals surface area contributed by atoms with E-state index in [1.54, 1.807) is 52.3 Å². The maximum Gasteiger partial charge on any atom is 0.288 e. The number of amides is 1. The number of carbonyl (C=O) groups excluding carboxylic acids is 1. The summed E-state index contributed by atoms with van der Waals surface area (Å²) in [4.78, 5) is 28.3. The summed E-state index contributed by atoms with van der Waals surface area (Å²) in [6.07, 6.45) is 8.30. The molecule has 1 aliphatic carbocycles. The summed E-state index contributed by atoms with van der Waals surface area (Å²) in [6.45, 7) is 3.31. The van der Waals surface area contributed by atoms with Gasteiger partial charge in [-0.25, -0.2) is 19.6 Å². The van der Waals surface area contributed by atoms with E-state index in [2.05, 4.69) is 25.1 Å². The predicted octanol–water partition coefficient (Wildman–Crippen LogP) is 3.97. The first-order chi connectivity index (χ1) is 16.8. The lowest BCUT2D eigenvalue weighted by Crippen LogP contribution is -2.36. The van der Waals surface area contributed by atoms with E-state index in [9.17, 15) is 13.6 Å². The van der Waals surface area contributed by atoms with Crippen molar-refractivity contribution in [2.45, 2.75) is 38.7 Å². The van der Waals surface area contributed by atoms with Gasteiger partial charge < -0.3 is 4.90 Å². The molecule has 4 aromatic rings. The lowest BCUT2D eigenvalue weighted by Gasteiger charge is -2.29. The highest BCUT2D eigenvalue weighted by Crippen LogP contribution is 2.33. The van der Waals surface area contributed by atoms with Gasteiger partial charge in [0.15, 0.2) is 5.82 Å². The molecular weight excluding hydrogens is 454 g/mol. The standard InChI is InChI=1S/C24H24F2N8O/c1-16(21-29-15-30-34(21)23-27-11-3-12-28-23)32(14-17-4-5-17)22(35)18-6-8-19(9-7-18)33-13-10-20(31-33)24(2,25)26/h3,6-13,15-17H,4-5,14H2,1-2H3. The molecule has 9 nitrogen and oxygen atoms in total. The highest BCUT2D eigenvalue weighted by atomic mass is 19.3. The van der Waals surface area contributed by atoms with Crippen LogP contribution in [0.25, 0.3) is 11.6 Å². The van der Waals surface area contributed by atoms with E-state index < -0.39 is 5.92 Å². The van der Waals surface area contributed by atoms with Crippen molar-refractivity contribution >= 4 is 5.91 Å². The SMILES string of the molecule is CC(c1ncnn1-c1ncccn1)N(CC1CC1)C(=O)c1ccc(-n2ccc(C(C)(F)F)n2)cc1. The zero-order chi connectivity index (χ0) is 24.6. The molecule has 0 aliphatic heterocycles. The number of halogens is 2. The molecule has 0 N–H and O–H groups in total. The maximum absolute atomic E-state index is 13.6. The quantitative estimate of drug-likeness (QED) is 0.380. The minimum Gasteiger partial charge on any atom is -0.328 e. The Kier molecular flexibility index (Phi) is 5.83. The Morgan fingerprint density at radius 3 is 2.49 bits per heavy atom. The van der Waals surface area contributed by atoms with Crippen LogP contribution in [0.5, 0.6) is 0 Å². The second-order valence-electron chi connectivity index (χ2n) is 8.74. The number of carbonyl (C=O) groups is 1. The largest absolute Gasteiger partial charge is 0.328 e. The van der Waals surface area contributed by atoms with E-state index in [1.165, 1.54) is 23.3 Å². The van der Waals surface area contributed by atoms with Crippen LogP contribution < -0.4 is 0 Å². The van der Waals surface area contributed by atoms with E-state index in [-0.39, 0.29) is 17.6 Å². The third-order valence-electron chi connectivity index (χ3n) is 5.99. The van der Waals surface area contributed by atoms with Crippen LogP contribution in [0, 0.1) is 5.92 Å². The van der Waals surface area contributed by atoms with Crippen LogP contribution in [0.4, 0.5) is 8.78 Å². The van der Waals surface area contributed by atoms with Gasteiger partial charge in [-0.2, -0.15) is 23.7 Å². The summed E-state index contributed by atoms with van der Waals surface area (Å²) in [5.41, 5.74) is 0.755. The van der Waals surface area contributed by atoms with Crippen LogP contribution in [0.1, 0.15) is 54.6 Å². The second-order valence-corrected chi connectivity index (χ2v) is 8.74.